The zero-order valence-corrected chi connectivity index (χ0v) is 8.73. The Bertz CT molecular complexity index is 297. The smallest absolute Gasteiger partial charge is 0.0850 e. The number of hydrogen-bond acceptors (Lipinski definition) is 1. The third-order valence-electron chi connectivity index (χ3n) is 1.86. The highest BCUT2D eigenvalue weighted by Crippen LogP contribution is 2.25. The lowest BCUT2D eigenvalue weighted by Gasteiger charge is -2.01. The molecule has 1 nitrogen and oxygen atoms in total. The van der Waals surface area contributed by atoms with Crippen molar-refractivity contribution in [2.45, 2.75) is 12.5 Å². The third kappa shape index (κ3) is 2.00. The summed E-state index contributed by atoms with van der Waals surface area (Å²) < 4.78 is 6.26. The van der Waals surface area contributed by atoms with Crippen molar-refractivity contribution in [1.29, 1.82) is 0 Å². The first kappa shape index (κ1) is 8.54. The van der Waals surface area contributed by atoms with Gasteiger partial charge in [0.2, 0.25) is 0 Å². The highest BCUT2D eigenvalue weighted by atomic mass is 79.9. The topological polar surface area (TPSA) is 12.5 Å². The van der Waals surface area contributed by atoms with Crippen LogP contribution >= 0.6 is 27.5 Å². The van der Waals surface area contributed by atoms with Crippen LogP contribution in [0, 0.1) is 0 Å². The minimum atomic E-state index is 0.416. The van der Waals surface area contributed by atoms with E-state index >= 15 is 0 Å². The maximum atomic E-state index is 5.86. The number of ether oxygens (including phenoxy) is 1. The summed E-state index contributed by atoms with van der Waals surface area (Å²) >= 11 is 9.33. The molecule has 0 aromatic heterocycles. The molecule has 0 spiro atoms. The van der Waals surface area contributed by atoms with E-state index in [1.807, 2.05) is 18.2 Å². The van der Waals surface area contributed by atoms with Gasteiger partial charge in [0.15, 0.2) is 0 Å². The highest BCUT2D eigenvalue weighted by Gasteiger charge is 2.23. The Hall–Kier alpha value is -0.0500. The molecule has 1 aliphatic rings. The lowest BCUT2D eigenvalue weighted by Crippen LogP contribution is -1.93. The number of rotatable bonds is 2. The van der Waals surface area contributed by atoms with Gasteiger partial charge in [0.1, 0.15) is 0 Å². The van der Waals surface area contributed by atoms with Crippen molar-refractivity contribution in [3.05, 3.63) is 33.3 Å². The van der Waals surface area contributed by atoms with Gasteiger partial charge in [-0.1, -0.05) is 27.5 Å². The SMILES string of the molecule is Clc1ccc(Br)c(CC2CO2)c1. The molecule has 64 valence electrons. The minimum absolute atomic E-state index is 0.416. The maximum absolute atomic E-state index is 5.86. The van der Waals surface area contributed by atoms with E-state index in [-0.39, 0.29) is 0 Å². The number of benzene rings is 1. The van der Waals surface area contributed by atoms with Crippen LogP contribution < -0.4 is 0 Å². The molecule has 2 rings (SSSR count). The summed E-state index contributed by atoms with van der Waals surface area (Å²) in [5.74, 6) is 0. The quantitative estimate of drug-likeness (QED) is 0.732. The largest absolute Gasteiger partial charge is 0.373 e. The Kier molecular flexibility index (Phi) is 2.40. The summed E-state index contributed by atoms with van der Waals surface area (Å²) in [5, 5.41) is 0.786. The van der Waals surface area contributed by atoms with Gasteiger partial charge in [-0.25, -0.2) is 0 Å². The van der Waals surface area contributed by atoms with Crippen LogP contribution in [0.4, 0.5) is 0 Å². The van der Waals surface area contributed by atoms with Crippen molar-refractivity contribution in [2.75, 3.05) is 6.61 Å². The minimum Gasteiger partial charge on any atom is -0.373 e. The molecular formula is C9H8BrClO. The van der Waals surface area contributed by atoms with Gasteiger partial charge in [-0.3, -0.25) is 0 Å². The molecule has 1 aromatic carbocycles. The van der Waals surface area contributed by atoms with Gasteiger partial charge in [0.25, 0.3) is 0 Å². The molecule has 1 fully saturated rings. The lowest BCUT2D eigenvalue weighted by molar-refractivity contribution is 0.407. The predicted molar refractivity (Wildman–Crippen MR) is 52.6 cm³/mol. The Labute approximate surface area is 84.8 Å². The fourth-order valence-corrected chi connectivity index (χ4v) is 1.73. The van der Waals surface area contributed by atoms with Crippen LogP contribution in [-0.2, 0) is 11.2 Å². The Morgan fingerprint density at radius 1 is 1.58 bits per heavy atom. The van der Waals surface area contributed by atoms with Crippen molar-refractivity contribution in [1.82, 2.24) is 0 Å². The van der Waals surface area contributed by atoms with Crippen LogP contribution in [0.5, 0.6) is 0 Å². The van der Waals surface area contributed by atoms with Crippen LogP contribution in [0.3, 0.4) is 0 Å². The zero-order valence-electron chi connectivity index (χ0n) is 6.39. The van der Waals surface area contributed by atoms with E-state index < -0.39 is 0 Å². The fourth-order valence-electron chi connectivity index (χ4n) is 1.13. The summed E-state index contributed by atoms with van der Waals surface area (Å²) in [6.45, 7) is 0.888. The van der Waals surface area contributed by atoms with E-state index in [2.05, 4.69) is 15.9 Å². The van der Waals surface area contributed by atoms with Gasteiger partial charge in [0, 0.05) is 15.9 Å². The standard InChI is InChI=1S/C9H8BrClO/c10-9-2-1-7(11)3-6(9)4-8-5-12-8/h1-3,8H,4-5H2. The second kappa shape index (κ2) is 3.36. The third-order valence-corrected chi connectivity index (χ3v) is 2.87. The van der Waals surface area contributed by atoms with Crippen molar-refractivity contribution >= 4 is 27.5 Å². The zero-order chi connectivity index (χ0) is 8.55. The molecule has 1 atom stereocenters. The van der Waals surface area contributed by atoms with Crippen molar-refractivity contribution in [3.8, 4) is 0 Å². The van der Waals surface area contributed by atoms with Gasteiger partial charge in [0.05, 0.1) is 12.7 Å². The molecule has 0 aliphatic carbocycles. The molecule has 1 saturated heterocycles. The van der Waals surface area contributed by atoms with Crippen molar-refractivity contribution < 1.29 is 4.74 Å². The normalized spacial score (nSPS) is 21.0. The predicted octanol–water partition coefficient (Wildman–Crippen LogP) is 3.04. The molecule has 3 heteroatoms. The first-order valence-corrected chi connectivity index (χ1v) is 4.98. The van der Waals surface area contributed by atoms with Gasteiger partial charge < -0.3 is 4.74 Å². The van der Waals surface area contributed by atoms with Crippen molar-refractivity contribution in [2.24, 2.45) is 0 Å². The van der Waals surface area contributed by atoms with Gasteiger partial charge >= 0.3 is 0 Å². The van der Waals surface area contributed by atoms with Gasteiger partial charge in [-0.2, -0.15) is 0 Å². The number of halogens is 2. The molecule has 0 saturated carbocycles. The maximum Gasteiger partial charge on any atom is 0.0850 e. The summed E-state index contributed by atoms with van der Waals surface area (Å²) in [4.78, 5) is 0. The van der Waals surface area contributed by atoms with Gasteiger partial charge in [-0.05, 0) is 23.8 Å². The first-order chi connectivity index (χ1) is 5.75. The van der Waals surface area contributed by atoms with Crippen LogP contribution in [-0.4, -0.2) is 12.7 Å². The van der Waals surface area contributed by atoms with Crippen LogP contribution in [0.25, 0.3) is 0 Å². The molecule has 12 heavy (non-hydrogen) atoms. The molecular weight excluding hydrogens is 239 g/mol. The summed E-state index contributed by atoms with van der Waals surface area (Å²) in [7, 11) is 0. The summed E-state index contributed by atoms with van der Waals surface area (Å²) in [6.07, 6.45) is 1.38. The highest BCUT2D eigenvalue weighted by molar-refractivity contribution is 9.10. The molecule has 0 radical (unpaired) electrons. The Morgan fingerprint density at radius 2 is 2.33 bits per heavy atom. The average molecular weight is 248 g/mol. The van der Waals surface area contributed by atoms with Crippen LogP contribution in [0.1, 0.15) is 5.56 Å². The molecule has 0 bridgehead atoms. The summed E-state index contributed by atoms with van der Waals surface area (Å²) in [5.41, 5.74) is 1.23. The van der Waals surface area contributed by atoms with E-state index in [4.69, 9.17) is 16.3 Å². The first-order valence-electron chi connectivity index (χ1n) is 3.81. The van der Waals surface area contributed by atoms with Crippen LogP contribution in [0.2, 0.25) is 5.02 Å². The van der Waals surface area contributed by atoms with E-state index in [9.17, 15) is 0 Å². The Morgan fingerprint density at radius 3 is 3.00 bits per heavy atom. The monoisotopic (exact) mass is 246 g/mol. The molecule has 0 N–H and O–H groups in total. The fraction of sp³-hybridized carbons (Fsp3) is 0.333. The van der Waals surface area contributed by atoms with Crippen molar-refractivity contribution in [3.63, 3.8) is 0 Å². The summed E-state index contributed by atoms with van der Waals surface area (Å²) in [6, 6.07) is 5.83. The Balaban J connectivity index is 2.21. The van der Waals surface area contributed by atoms with E-state index in [1.165, 1.54) is 5.56 Å². The average Bonchev–Trinajstić information content (AvgIpc) is 2.81. The van der Waals surface area contributed by atoms with E-state index in [0.717, 1.165) is 22.5 Å². The second-order valence-electron chi connectivity index (χ2n) is 2.90. The molecule has 0 amide bonds. The molecule has 1 unspecified atom stereocenters. The molecule has 1 heterocycles. The second-order valence-corrected chi connectivity index (χ2v) is 4.19. The number of epoxide rings is 1. The van der Waals surface area contributed by atoms with E-state index in [0.29, 0.717) is 6.10 Å². The van der Waals surface area contributed by atoms with E-state index in [1.54, 1.807) is 0 Å². The van der Waals surface area contributed by atoms with Crippen LogP contribution in [0.15, 0.2) is 22.7 Å². The lowest BCUT2D eigenvalue weighted by atomic mass is 10.1. The molecule has 1 aliphatic heterocycles. The van der Waals surface area contributed by atoms with Gasteiger partial charge in [-0.15, -0.1) is 0 Å². The molecule has 1 aromatic rings. The number of hydrogen-bond donors (Lipinski definition) is 0.